The van der Waals surface area contributed by atoms with Crippen LogP contribution in [-0.2, 0) is 16.0 Å². The highest BCUT2D eigenvalue weighted by Gasteiger charge is 2.42. The monoisotopic (exact) mass is 305 g/mol. The summed E-state index contributed by atoms with van der Waals surface area (Å²) in [5.41, 5.74) is 1.30. The molecule has 1 heterocycles. The van der Waals surface area contributed by atoms with Crippen molar-refractivity contribution in [1.82, 2.24) is 0 Å². The molecule has 0 aromatic heterocycles. The van der Waals surface area contributed by atoms with Crippen LogP contribution >= 0.6 is 0 Å². The van der Waals surface area contributed by atoms with E-state index >= 15 is 0 Å². The zero-order valence-electron chi connectivity index (χ0n) is 12.6. The second kappa shape index (κ2) is 5.62. The summed E-state index contributed by atoms with van der Waals surface area (Å²) in [4.78, 5) is 24.7. The van der Waals surface area contributed by atoms with Gasteiger partial charge in [-0.25, -0.2) is 4.79 Å². The molecular weight excluding hydrogens is 290 g/mol. The van der Waals surface area contributed by atoms with E-state index in [9.17, 15) is 9.59 Å². The number of hydrogen-bond acceptors (Lipinski definition) is 3. The van der Waals surface area contributed by atoms with Gasteiger partial charge < -0.3 is 10.1 Å². The second-order valence-corrected chi connectivity index (χ2v) is 5.63. The van der Waals surface area contributed by atoms with E-state index in [0.29, 0.717) is 23.2 Å². The Balaban J connectivity index is 1.85. The Morgan fingerprint density at radius 1 is 1.26 bits per heavy atom. The van der Waals surface area contributed by atoms with Crippen LogP contribution in [0.1, 0.15) is 28.4 Å². The van der Waals surface area contributed by atoms with Crippen molar-refractivity contribution in [3.63, 3.8) is 0 Å². The van der Waals surface area contributed by atoms with Gasteiger partial charge in [-0.05, 0) is 36.8 Å². The van der Waals surface area contributed by atoms with Crippen LogP contribution in [0.3, 0.4) is 0 Å². The highest BCUT2D eigenvalue weighted by Crippen LogP contribution is 2.29. The van der Waals surface area contributed by atoms with Crippen molar-refractivity contribution in [1.29, 1.82) is 0 Å². The molecule has 1 amide bonds. The summed E-state index contributed by atoms with van der Waals surface area (Å²) in [6.07, 6.45) is 5.69. The Bertz CT molecular complexity index is 835. The van der Waals surface area contributed by atoms with Gasteiger partial charge in [0, 0.05) is 17.7 Å². The molecule has 0 aliphatic carbocycles. The molecule has 1 N–H and O–H groups in total. The van der Waals surface area contributed by atoms with Gasteiger partial charge in [0.1, 0.15) is 0 Å². The Morgan fingerprint density at radius 2 is 2.04 bits per heavy atom. The maximum absolute atomic E-state index is 12.6. The van der Waals surface area contributed by atoms with Gasteiger partial charge in [0.25, 0.3) is 5.91 Å². The number of nitrogens with one attached hydrogen (secondary N) is 1. The van der Waals surface area contributed by atoms with Gasteiger partial charge in [-0.15, -0.1) is 6.42 Å². The van der Waals surface area contributed by atoms with E-state index in [1.165, 1.54) is 0 Å². The molecular formula is C19H15NO3. The van der Waals surface area contributed by atoms with Gasteiger partial charge in [-0.1, -0.05) is 30.2 Å². The lowest BCUT2D eigenvalue weighted by Crippen LogP contribution is -2.48. The van der Waals surface area contributed by atoms with Gasteiger partial charge in [-0.3, -0.25) is 4.79 Å². The first-order valence-electron chi connectivity index (χ1n) is 7.21. The summed E-state index contributed by atoms with van der Waals surface area (Å²) in [7, 11) is 0. The van der Waals surface area contributed by atoms with Crippen LogP contribution in [0.2, 0.25) is 0 Å². The molecule has 1 aliphatic rings. The molecule has 114 valence electrons. The van der Waals surface area contributed by atoms with E-state index in [0.717, 1.165) is 5.56 Å². The molecule has 3 rings (SSSR count). The fraction of sp³-hybridized carbons (Fsp3) is 0.158. The smallest absolute Gasteiger partial charge is 0.339 e. The van der Waals surface area contributed by atoms with E-state index in [2.05, 4.69) is 11.2 Å². The molecule has 0 bridgehead atoms. The molecule has 23 heavy (non-hydrogen) atoms. The first-order valence-corrected chi connectivity index (χ1v) is 7.21. The molecule has 0 saturated heterocycles. The number of cyclic esters (lactones) is 1. The van der Waals surface area contributed by atoms with Crippen LogP contribution in [0.4, 0.5) is 5.69 Å². The summed E-state index contributed by atoms with van der Waals surface area (Å²) in [6, 6.07) is 14.1. The number of terminal acetylenes is 1. The molecule has 0 saturated carbocycles. The molecule has 1 aliphatic heterocycles. The predicted molar refractivity (Wildman–Crippen MR) is 87.0 cm³/mol. The SMILES string of the molecule is C#Cc1cccc(NC(=O)C2(C)Cc3ccccc3C(=O)O2)c1. The van der Waals surface area contributed by atoms with Crippen molar-refractivity contribution < 1.29 is 14.3 Å². The average Bonchev–Trinajstić information content (AvgIpc) is 2.55. The lowest BCUT2D eigenvalue weighted by Gasteiger charge is -2.33. The number of rotatable bonds is 2. The molecule has 2 aromatic carbocycles. The van der Waals surface area contributed by atoms with E-state index in [1.54, 1.807) is 43.3 Å². The van der Waals surface area contributed by atoms with Crippen LogP contribution in [0.25, 0.3) is 0 Å². The first-order chi connectivity index (χ1) is 11.0. The fourth-order valence-electron chi connectivity index (χ4n) is 2.61. The fourth-order valence-corrected chi connectivity index (χ4v) is 2.61. The van der Waals surface area contributed by atoms with Crippen molar-refractivity contribution in [2.75, 3.05) is 5.32 Å². The van der Waals surface area contributed by atoms with Crippen LogP contribution in [0.15, 0.2) is 48.5 Å². The highest BCUT2D eigenvalue weighted by atomic mass is 16.6. The molecule has 0 radical (unpaired) electrons. The van der Waals surface area contributed by atoms with Gasteiger partial charge in [0.05, 0.1) is 5.56 Å². The number of anilines is 1. The number of benzene rings is 2. The maximum Gasteiger partial charge on any atom is 0.339 e. The first kappa shape index (κ1) is 14.9. The van der Waals surface area contributed by atoms with Crippen molar-refractivity contribution in [3.05, 3.63) is 65.2 Å². The summed E-state index contributed by atoms with van der Waals surface area (Å²) in [5, 5.41) is 2.77. The third-order valence-corrected chi connectivity index (χ3v) is 3.85. The Morgan fingerprint density at radius 3 is 2.83 bits per heavy atom. The van der Waals surface area contributed by atoms with Crippen LogP contribution < -0.4 is 5.32 Å². The normalized spacial score (nSPS) is 19.2. The average molecular weight is 305 g/mol. The van der Waals surface area contributed by atoms with Crippen LogP contribution in [0, 0.1) is 12.3 Å². The summed E-state index contributed by atoms with van der Waals surface area (Å²) >= 11 is 0. The van der Waals surface area contributed by atoms with Crippen molar-refractivity contribution >= 4 is 17.6 Å². The van der Waals surface area contributed by atoms with E-state index in [4.69, 9.17) is 11.2 Å². The topological polar surface area (TPSA) is 55.4 Å². The molecule has 0 spiro atoms. The zero-order valence-corrected chi connectivity index (χ0v) is 12.6. The molecule has 0 fully saturated rings. The number of amides is 1. The third kappa shape index (κ3) is 2.82. The van der Waals surface area contributed by atoms with Crippen molar-refractivity contribution in [2.45, 2.75) is 18.9 Å². The Kier molecular flexibility index (Phi) is 3.63. The van der Waals surface area contributed by atoms with Crippen LogP contribution in [-0.4, -0.2) is 17.5 Å². The number of hydrogen-bond donors (Lipinski definition) is 1. The number of fused-ring (bicyclic) bond motifs is 1. The maximum atomic E-state index is 12.6. The lowest BCUT2D eigenvalue weighted by molar-refractivity contribution is -0.134. The molecule has 1 atom stereocenters. The zero-order chi connectivity index (χ0) is 16.4. The molecule has 4 heteroatoms. The second-order valence-electron chi connectivity index (χ2n) is 5.63. The van der Waals surface area contributed by atoms with Gasteiger partial charge in [0.15, 0.2) is 5.60 Å². The molecule has 1 unspecified atom stereocenters. The lowest BCUT2D eigenvalue weighted by atomic mass is 9.89. The Hall–Kier alpha value is -3.06. The van der Waals surface area contributed by atoms with Crippen molar-refractivity contribution in [2.24, 2.45) is 0 Å². The Labute approximate surface area is 134 Å². The highest BCUT2D eigenvalue weighted by molar-refractivity contribution is 6.02. The third-order valence-electron chi connectivity index (χ3n) is 3.85. The van der Waals surface area contributed by atoms with Gasteiger partial charge in [-0.2, -0.15) is 0 Å². The van der Waals surface area contributed by atoms with E-state index in [1.807, 2.05) is 12.1 Å². The number of carbonyl (C=O) groups excluding carboxylic acids is 2. The number of ether oxygens (including phenoxy) is 1. The standard InChI is InChI=1S/C19H15NO3/c1-3-13-7-6-9-15(11-13)20-18(22)19(2)12-14-8-4-5-10-16(14)17(21)23-19/h1,4-11H,12H2,2H3,(H,20,22). The largest absolute Gasteiger partial charge is 0.445 e. The number of carbonyl (C=O) groups is 2. The van der Waals surface area contributed by atoms with E-state index in [-0.39, 0.29) is 5.91 Å². The van der Waals surface area contributed by atoms with E-state index < -0.39 is 11.6 Å². The minimum absolute atomic E-state index is 0.329. The summed E-state index contributed by atoms with van der Waals surface area (Å²) < 4.78 is 5.40. The molecule has 2 aromatic rings. The van der Waals surface area contributed by atoms with Crippen molar-refractivity contribution in [3.8, 4) is 12.3 Å². The minimum atomic E-state index is -1.25. The van der Waals surface area contributed by atoms with Gasteiger partial charge in [0.2, 0.25) is 0 Å². The molecule has 4 nitrogen and oxygen atoms in total. The summed E-state index contributed by atoms with van der Waals surface area (Å²) in [5.74, 6) is 1.65. The van der Waals surface area contributed by atoms with Crippen LogP contribution in [0.5, 0.6) is 0 Å². The summed E-state index contributed by atoms with van der Waals surface area (Å²) in [6.45, 7) is 1.61. The minimum Gasteiger partial charge on any atom is -0.445 e. The number of esters is 1. The predicted octanol–water partition coefficient (Wildman–Crippen LogP) is 2.78. The van der Waals surface area contributed by atoms with Gasteiger partial charge >= 0.3 is 5.97 Å². The quantitative estimate of drug-likeness (QED) is 0.685.